The summed E-state index contributed by atoms with van der Waals surface area (Å²) >= 11 is 0. The molecular formula is C17H20N4O2. The molecule has 1 aliphatic rings. The fraction of sp³-hybridized carbons (Fsp3) is 0.353. The van der Waals surface area contributed by atoms with E-state index in [1.165, 1.54) is 0 Å². The van der Waals surface area contributed by atoms with Crippen molar-refractivity contribution in [2.45, 2.75) is 13.0 Å². The molecule has 23 heavy (non-hydrogen) atoms. The molecule has 1 aromatic carbocycles. The van der Waals surface area contributed by atoms with Gasteiger partial charge in [-0.1, -0.05) is 30.3 Å². The van der Waals surface area contributed by atoms with Gasteiger partial charge < -0.3 is 14.8 Å². The first kappa shape index (κ1) is 15.3. The van der Waals surface area contributed by atoms with E-state index in [-0.39, 0.29) is 17.7 Å². The summed E-state index contributed by atoms with van der Waals surface area (Å²) in [6, 6.07) is 9.94. The average Bonchev–Trinajstić information content (AvgIpc) is 3.13. The van der Waals surface area contributed by atoms with Crippen molar-refractivity contribution in [3.05, 3.63) is 54.1 Å². The Morgan fingerprint density at radius 1 is 1.35 bits per heavy atom. The van der Waals surface area contributed by atoms with Gasteiger partial charge in [-0.25, -0.2) is 4.98 Å². The molecule has 2 aromatic rings. The van der Waals surface area contributed by atoms with Crippen molar-refractivity contribution < 1.29 is 9.59 Å². The van der Waals surface area contributed by atoms with Crippen molar-refractivity contribution in [1.29, 1.82) is 0 Å². The number of aryl methyl sites for hydroxylation is 1. The number of hydrogen-bond acceptors (Lipinski definition) is 3. The van der Waals surface area contributed by atoms with Gasteiger partial charge in [0.05, 0.1) is 6.33 Å². The summed E-state index contributed by atoms with van der Waals surface area (Å²) in [5.74, 6) is 0.101. The van der Waals surface area contributed by atoms with Gasteiger partial charge in [0, 0.05) is 45.2 Å². The zero-order chi connectivity index (χ0) is 16.2. The maximum Gasteiger partial charge on any atom is 0.271 e. The maximum atomic E-state index is 12.1. The third-order valence-electron chi connectivity index (χ3n) is 4.00. The summed E-state index contributed by atoms with van der Waals surface area (Å²) in [7, 11) is 1.82. The number of nitrogens with zero attached hydrogens (tertiary/aromatic N) is 3. The first-order valence-electron chi connectivity index (χ1n) is 7.69. The van der Waals surface area contributed by atoms with Crippen LogP contribution in [0.3, 0.4) is 0 Å². The van der Waals surface area contributed by atoms with Gasteiger partial charge in [0.15, 0.2) is 0 Å². The number of imidazole rings is 1. The van der Waals surface area contributed by atoms with Gasteiger partial charge in [-0.05, 0) is 5.56 Å². The van der Waals surface area contributed by atoms with E-state index in [1.54, 1.807) is 17.1 Å². The maximum absolute atomic E-state index is 12.1. The average molecular weight is 312 g/mol. The van der Waals surface area contributed by atoms with Crippen LogP contribution in [0.1, 0.15) is 22.5 Å². The van der Waals surface area contributed by atoms with Crippen LogP contribution in [0.25, 0.3) is 0 Å². The Kier molecular flexibility index (Phi) is 4.41. The van der Waals surface area contributed by atoms with Crippen LogP contribution in [0.15, 0.2) is 42.9 Å². The van der Waals surface area contributed by atoms with E-state index in [0.29, 0.717) is 31.7 Å². The smallest absolute Gasteiger partial charge is 0.271 e. The predicted octanol–water partition coefficient (Wildman–Crippen LogP) is 1.20. The molecule has 1 atom stereocenters. The first-order valence-corrected chi connectivity index (χ1v) is 7.69. The molecular weight excluding hydrogens is 292 g/mol. The molecule has 0 radical (unpaired) electrons. The number of likely N-dealkylation sites (tertiary alicyclic amines) is 1. The molecule has 2 amide bonds. The van der Waals surface area contributed by atoms with E-state index in [9.17, 15) is 9.59 Å². The number of carbonyl (C=O) groups is 2. The molecule has 3 rings (SSSR count). The zero-order valence-electron chi connectivity index (χ0n) is 13.1. The molecule has 1 saturated heterocycles. The van der Waals surface area contributed by atoms with Gasteiger partial charge in [0.1, 0.15) is 5.69 Å². The molecule has 0 spiro atoms. The number of benzene rings is 1. The minimum atomic E-state index is -0.195. The first-order chi connectivity index (χ1) is 11.1. The van der Waals surface area contributed by atoms with Gasteiger partial charge in [-0.3, -0.25) is 9.59 Å². The molecule has 1 aromatic heterocycles. The van der Waals surface area contributed by atoms with E-state index in [0.717, 1.165) is 5.56 Å². The summed E-state index contributed by atoms with van der Waals surface area (Å²) in [5, 5.41) is 2.87. The highest BCUT2D eigenvalue weighted by Gasteiger charge is 2.29. The molecule has 1 N–H and O–H groups in total. The minimum Gasteiger partial charge on any atom is -0.350 e. The summed E-state index contributed by atoms with van der Waals surface area (Å²) < 4.78 is 1.73. The highest BCUT2D eigenvalue weighted by Crippen LogP contribution is 2.19. The van der Waals surface area contributed by atoms with Crippen LogP contribution in [0.5, 0.6) is 0 Å². The fourth-order valence-electron chi connectivity index (χ4n) is 2.81. The number of rotatable bonds is 5. The lowest BCUT2D eigenvalue weighted by atomic mass is 10.1. The Labute approximate surface area is 135 Å². The van der Waals surface area contributed by atoms with Crippen LogP contribution in [-0.2, 0) is 18.4 Å². The third-order valence-corrected chi connectivity index (χ3v) is 4.00. The van der Waals surface area contributed by atoms with E-state index in [2.05, 4.69) is 10.3 Å². The molecule has 2 heterocycles. The second-order valence-corrected chi connectivity index (χ2v) is 5.96. The van der Waals surface area contributed by atoms with Crippen LogP contribution < -0.4 is 5.32 Å². The van der Waals surface area contributed by atoms with E-state index in [1.807, 2.05) is 42.3 Å². The van der Waals surface area contributed by atoms with Crippen molar-refractivity contribution in [2.24, 2.45) is 13.0 Å². The standard InChI is InChI=1S/C17H20N4O2/c1-20-11-15(19-12-20)17(23)18-8-14-7-16(22)21(10-14)9-13-5-3-2-4-6-13/h2-6,11-12,14H,7-10H2,1H3,(H,18,23)/t14-/m0/s1. The van der Waals surface area contributed by atoms with Crippen LogP contribution >= 0.6 is 0 Å². The molecule has 0 saturated carbocycles. The van der Waals surface area contributed by atoms with Crippen LogP contribution in [0.4, 0.5) is 0 Å². The number of nitrogens with one attached hydrogen (secondary N) is 1. The summed E-state index contributed by atoms with van der Waals surface area (Å²) in [4.78, 5) is 30.0. The minimum absolute atomic E-state index is 0.144. The molecule has 6 heteroatoms. The van der Waals surface area contributed by atoms with Gasteiger partial charge in [0.25, 0.3) is 5.91 Å². The Bertz CT molecular complexity index is 696. The lowest BCUT2D eigenvalue weighted by molar-refractivity contribution is -0.128. The molecule has 1 fully saturated rings. The second kappa shape index (κ2) is 6.64. The Morgan fingerprint density at radius 2 is 2.13 bits per heavy atom. The Balaban J connectivity index is 1.50. The van der Waals surface area contributed by atoms with Crippen LogP contribution in [0, 0.1) is 5.92 Å². The van der Waals surface area contributed by atoms with Gasteiger partial charge in [-0.2, -0.15) is 0 Å². The zero-order valence-corrected chi connectivity index (χ0v) is 13.1. The monoisotopic (exact) mass is 312 g/mol. The topological polar surface area (TPSA) is 67.2 Å². The lowest BCUT2D eigenvalue weighted by Crippen LogP contribution is -2.31. The van der Waals surface area contributed by atoms with E-state index >= 15 is 0 Å². The Morgan fingerprint density at radius 3 is 2.83 bits per heavy atom. The predicted molar refractivity (Wildman–Crippen MR) is 85.5 cm³/mol. The Hall–Kier alpha value is -2.63. The van der Waals surface area contributed by atoms with Crippen molar-refractivity contribution in [3.8, 4) is 0 Å². The number of aromatic nitrogens is 2. The van der Waals surface area contributed by atoms with Crippen molar-refractivity contribution in [2.75, 3.05) is 13.1 Å². The van der Waals surface area contributed by atoms with Crippen molar-refractivity contribution in [3.63, 3.8) is 0 Å². The number of amides is 2. The van der Waals surface area contributed by atoms with E-state index in [4.69, 9.17) is 0 Å². The summed E-state index contributed by atoms with van der Waals surface area (Å²) in [6.45, 7) is 1.80. The van der Waals surface area contributed by atoms with Gasteiger partial charge >= 0.3 is 0 Å². The van der Waals surface area contributed by atoms with Crippen molar-refractivity contribution >= 4 is 11.8 Å². The quantitative estimate of drug-likeness (QED) is 0.902. The highest BCUT2D eigenvalue weighted by atomic mass is 16.2. The van der Waals surface area contributed by atoms with E-state index < -0.39 is 0 Å². The second-order valence-electron chi connectivity index (χ2n) is 5.96. The van der Waals surface area contributed by atoms with Crippen LogP contribution in [0.2, 0.25) is 0 Å². The normalized spacial score (nSPS) is 17.5. The number of hydrogen-bond donors (Lipinski definition) is 1. The largest absolute Gasteiger partial charge is 0.350 e. The number of carbonyl (C=O) groups excluding carboxylic acids is 2. The molecule has 0 bridgehead atoms. The highest BCUT2D eigenvalue weighted by molar-refractivity contribution is 5.92. The molecule has 120 valence electrons. The lowest BCUT2D eigenvalue weighted by Gasteiger charge is -2.16. The van der Waals surface area contributed by atoms with Crippen LogP contribution in [-0.4, -0.2) is 39.4 Å². The van der Waals surface area contributed by atoms with Gasteiger partial charge in [0.2, 0.25) is 5.91 Å². The SMILES string of the molecule is Cn1cnc(C(=O)NC[C@@H]2CC(=O)N(Cc3ccccc3)C2)c1. The third kappa shape index (κ3) is 3.77. The molecule has 6 nitrogen and oxygen atoms in total. The van der Waals surface area contributed by atoms with Gasteiger partial charge in [-0.15, -0.1) is 0 Å². The summed E-state index contributed by atoms with van der Waals surface area (Å²) in [6.07, 6.45) is 3.75. The molecule has 1 aliphatic heterocycles. The summed E-state index contributed by atoms with van der Waals surface area (Å²) in [5.41, 5.74) is 1.52. The van der Waals surface area contributed by atoms with Crippen molar-refractivity contribution in [1.82, 2.24) is 19.8 Å². The fourth-order valence-corrected chi connectivity index (χ4v) is 2.81. The molecule has 0 aliphatic carbocycles. The molecule has 0 unspecified atom stereocenters.